The number of alkyl halides is 3. The van der Waals surface area contributed by atoms with Crippen molar-refractivity contribution in [1.29, 1.82) is 0 Å². The van der Waals surface area contributed by atoms with E-state index in [1.807, 2.05) is 0 Å². The van der Waals surface area contributed by atoms with Gasteiger partial charge in [0.1, 0.15) is 0 Å². The summed E-state index contributed by atoms with van der Waals surface area (Å²) in [6.45, 7) is 5.82. The Bertz CT molecular complexity index is 1190. The summed E-state index contributed by atoms with van der Waals surface area (Å²) in [7, 11) is 0. The van der Waals surface area contributed by atoms with E-state index in [4.69, 9.17) is 28.3 Å². The van der Waals surface area contributed by atoms with Gasteiger partial charge in [0.15, 0.2) is 0 Å². The van der Waals surface area contributed by atoms with Gasteiger partial charge in [-0.15, -0.1) is 0 Å². The summed E-state index contributed by atoms with van der Waals surface area (Å²) in [5, 5.41) is 6.88. The molecule has 8 heteroatoms. The lowest BCUT2D eigenvalue weighted by molar-refractivity contribution is -0.137. The maximum absolute atomic E-state index is 14.1. The van der Waals surface area contributed by atoms with Crippen LogP contribution in [-0.2, 0) is 6.18 Å². The number of benzene rings is 2. The van der Waals surface area contributed by atoms with E-state index in [0.717, 1.165) is 73.7 Å². The van der Waals surface area contributed by atoms with Crippen LogP contribution in [-0.4, -0.2) is 18.8 Å². The third kappa shape index (κ3) is 4.04. The molecule has 0 spiro atoms. The normalized spacial score (nSPS) is 18.8. The van der Waals surface area contributed by atoms with Crippen LogP contribution < -0.4 is 9.91 Å². The van der Waals surface area contributed by atoms with Gasteiger partial charge in [0.25, 0.3) is 0 Å². The van der Waals surface area contributed by atoms with Gasteiger partial charge in [0, 0.05) is 24.3 Å². The van der Waals surface area contributed by atoms with Gasteiger partial charge in [-0.3, -0.25) is 0 Å². The van der Waals surface area contributed by atoms with E-state index in [1.54, 1.807) is 30.3 Å². The molecule has 2 aliphatic heterocycles. The van der Waals surface area contributed by atoms with E-state index in [1.165, 1.54) is 5.01 Å². The zero-order valence-corrected chi connectivity index (χ0v) is 19.4. The largest absolute Gasteiger partial charge is 0.418 e. The fraction of sp³-hybridized carbons (Fsp3) is 0.320. The molecule has 2 aromatic carbocycles. The first-order valence-electron chi connectivity index (χ1n) is 11.0. The summed E-state index contributed by atoms with van der Waals surface area (Å²) in [5.41, 5.74) is 3.83. The molecule has 2 heterocycles. The van der Waals surface area contributed by atoms with Gasteiger partial charge in [-0.1, -0.05) is 35.8 Å². The summed E-state index contributed by atoms with van der Waals surface area (Å²) < 4.78 is 42.2. The van der Waals surface area contributed by atoms with Gasteiger partial charge in [0.05, 0.1) is 32.7 Å². The number of anilines is 2. The Hall–Kier alpha value is -2.44. The lowest BCUT2D eigenvalue weighted by Crippen LogP contribution is -2.28. The quantitative estimate of drug-likeness (QED) is 0.435. The Morgan fingerprint density at radius 2 is 1.61 bits per heavy atom. The molecule has 5 rings (SSSR count). The van der Waals surface area contributed by atoms with Gasteiger partial charge in [-0.25, -0.2) is 5.01 Å². The first-order valence-corrected chi connectivity index (χ1v) is 11.7. The summed E-state index contributed by atoms with van der Waals surface area (Å²) in [6, 6.07) is 9.49. The van der Waals surface area contributed by atoms with Crippen LogP contribution in [0.4, 0.5) is 24.5 Å². The second kappa shape index (κ2) is 8.41. The Kier molecular flexibility index (Phi) is 5.69. The second-order valence-corrected chi connectivity index (χ2v) is 9.35. The highest BCUT2D eigenvalue weighted by atomic mass is 35.5. The molecule has 2 aromatic rings. The number of hydrogen-bond donors (Lipinski definition) is 0. The Morgan fingerprint density at radius 3 is 2.30 bits per heavy atom. The van der Waals surface area contributed by atoms with Crippen molar-refractivity contribution < 1.29 is 13.2 Å². The van der Waals surface area contributed by atoms with Crippen molar-refractivity contribution >= 4 is 40.3 Å². The van der Waals surface area contributed by atoms with Gasteiger partial charge in [-0.2, -0.15) is 18.3 Å². The van der Waals surface area contributed by atoms with Gasteiger partial charge in [-0.05, 0) is 73.6 Å². The number of nitrogens with zero attached hydrogens (tertiary/aromatic N) is 3. The maximum Gasteiger partial charge on any atom is 0.418 e. The van der Waals surface area contributed by atoms with Crippen molar-refractivity contribution in [1.82, 2.24) is 0 Å². The van der Waals surface area contributed by atoms with Crippen LogP contribution >= 0.6 is 23.2 Å². The summed E-state index contributed by atoms with van der Waals surface area (Å²) in [4.78, 5) is 2.11. The van der Waals surface area contributed by atoms with Crippen molar-refractivity contribution in [2.24, 2.45) is 5.10 Å². The summed E-state index contributed by atoms with van der Waals surface area (Å²) in [5.74, 6) is 0. The third-order valence-electron chi connectivity index (χ3n) is 6.49. The van der Waals surface area contributed by atoms with Crippen LogP contribution in [0.3, 0.4) is 0 Å². The number of rotatable bonds is 3. The molecule has 1 saturated heterocycles. The molecule has 0 bridgehead atoms. The summed E-state index contributed by atoms with van der Waals surface area (Å²) >= 11 is 12.3. The number of allylic oxidation sites excluding steroid dienone is 2. The number of hydrazone groups is 1. The molecule has 33 heavy (non-hydrogen) atoms. The van der Waals surface area contributed by atoms with E-state index < -0.39 is 11.7 Å². The first-order chi connectivity index (χ1) is 15.7. The lowest BCUT2D eigenvalue weighted by atomic mass is 9.96. The van der Waals surface area contributed by atoms with Crippen molar-refractivity contribution in [3.05, 3.63) is 81.0 Å². The van der Waals surface area contributed by atoms with Crippen molar-refractivity contribution in [2.75, 3.05) is 23.0 Å². The van der Waals surface area contributed by atoms with Crippen LogP contribution in [0.5, 0.6) is 0 Å². The predicted octanol–water partition coefficient (Wildman–Crippen LogP) is 7.83. The molecule has 3 nitrogen and oxygen atoms in total. The first kappa shape index (κ1) is 22.4. The van der Waals surface area contributed by atoms with Crippen molar-refractivity contribution in [3.63, 3.8) is 0 Å². The molecule has 3 aliphatic rings. The monoisotopic (exact) mass is 491 g/mol. The number of halogens is 5. The van der Waals surface area contributed by atoms with Crippen molar-refractivity contribution in [2.45, 2.75) is 38.3 Å². The molecule has 0 aromatic heterocycles. The van der Waals surface area contributed by atoms with Gasteiger partial charge >= 0.3 is 6.18 Å². The second-order valence-electron chi connectivity index (χ2n) is 8.54. The molecular weight excluding hydrogens is 470 g/mol. The molecule has 0 N–H and O–H groups in total. The Labute approximate surface area is 200 Å². The fourth-order valence-electron chi connectivity index (χ4n) is 4.85. The molecule has 0 amide bonds. The molecule has 0 unspecified atom stereocenters. The average Bonchev–Trinajstić information content (AvgIpc) is 3.48. The fourth-order valence-corrected chi connectivity index (χ4v) is 5.15. The lowest BCUT2D eigenvalue weighted by Gasteiger charge is -2.32. The standard InChI is InChI=1S/C25H22Cl2F3N3/c1-15-18-5-4-6-19(18)24(16-7-10-21(26)22(27)13-16)31-33(15)23-14-17(32-11-2-3-12-32)8-9-20(23)25(28,29)30/h7-10,13-14H,1-6,11-12H2. The van der Waals surface area contributed by atoms with E-state index in [2.05, 4.69) is 11.5 Å². The van der Waals surface area contributed by atoms with Crippen LogP contribution in [0.1, 0.15) is 43.2 Å². The minimum absolute atomic E-state index is 0.00656. The van der Waals surface area contributed by atoms with Crippen molar-refractivity contribution in [3.8, 4) is 0 Å². The zero-order valence-electron chi connectivity index (χ0n) is 17.9. The van der Waals surface area contributed by atoms with E-state index in [-0.39, 0.29) is 5.69 Å². The zero-order chi connectivity index (χ0) is 23.3. The van der Waals surface area contributed by atoms with Gasteiger partial charge < -0.3 is 4.90 Å². The minimum Gasteiger partial charge on any atom is -0.371 e. The van der Waals surface area contributed by atoms with E-state index in [0.29, 0.717) is 21.5 Å². The summed E-state index contributed by atoms with van der Waals surface area (Å²) in [6.07, 6.45) is -0.0226. The molecule has 0 radical (unpaired) electrons. The van der Waals surface area contributed by atoms with Crippen LogP contribution in [0.25, 0.3) is 0 Å². The number of hydrogen-bond acceptors (Lipinski definition) is 3. The Morgan fingerprint density at radius 1 is 0.879 bits per heavy atom. The predicted molar refractivity (Wildman–Crippen MR) is 128 cm³/mol. The molecule has 0 atom stereocenters. The maximum atomic E-state index is 14.1. The Balaban J connectivity index is 1.67. The minimum atomic E-state index is -4.53. The molecule has 1 aliphatic carbocycles. The van der Waals surface area contributed by atoms with Crippen LogP contribution in [0.2, 0.25) is 10.0 Å². The molecular formula is C25H22Cl2F3N3. The highest BCUT2D eigenvalue weighted by Gasteiger charge is 2.38. The molecule has 172 valence electrons. The van der Waals surface area contributed by atoms with E-state index >= 15 is 0 Å². The molecule has 0 saturated carbocycles. The third-order valence-corrected chi connectivity index (χ3v) is 7.23. The SMILES string of the molecule is C=C1C2=C(CCC2)C(c2ccc(Cl)c(Cl)c2)=NN1c1cc(N2CCCC2)ccc1C(F)(F)F. The topological polar surface area (TPSA) is 18.8 Å². The van der Waals surface area contributed by atoms with Crippen LogP contribution in [0, 0.1) is 0 Å². The highest BCUT2D eigenvalue weighted by Crippen LogP contribution is 2.45. The molecule has 1 fully saturated rings. The highest BCUT2D eigenvalue weighted by molar-refractivity contribution is 6.42. The smallest absolute Gasteiger partial charge is 0.371 e. The van der Waals surface area contributed by atoms with E-state index in [9.17, 15) is 13.2 Å². The average molecular weight is 492 g/mol. The van der Waals surface area contributed by atoms with Gasteiger partial charge in [0.2, 0.25) is 0 Å². The van der Waals surface area contributed by atoms with Crippen LogP contribution in [0.15, 0.2) is 64.9 Å².